The number of nitrogens with zero attached hydrogens (tertiary/aromatic N) is 1. The van der Waals surface area contributed by atoms with E-state index < -0.39 is 23.9 Å². The van der Waals surface area contributed by atoms with Crippen molar-refractivity contribution in [1.29, 1.82) is 0 Å². The molecular formula is C11H17N3O5. The number of amides is 4. The summed E-state index contributed by atoms with van der Waals surface area (Å²) in [6.45, 7) is 3.23. The summed E-state index contributed by atoms with van der Waals surface area (Å²) in [6.07, 6.45) is 0.131. The lowest BCUT2D eigenvalue weighted by Gasteiger charge is -2.27. The monoisotopic (exact) mass is 271 g/mol. The van der Waals surface area contributed by atoms with Crippen molar-refractivity contribution in [3.63, 3.8) is 0 Å². The number of imide groups is 1. The van der Waals surface area contributed by atoms with Gasteiger partial charge in [-0.2, -0.15) is 0 Å². The molecule has 0 aliphatic carbocycles. The van der Waals surface area contributed by atoms with Gasteiger partial charge in [-0.25, -0.2) is 9.59 Å². The topological polar surface area (TPSA) is 116 Å². The van der Waals surface area contributed by atoms with Crippen molar-refractivity contribution in [3.8, 4) is 0 Å². The third-order valence-corrected chi connectivity index (χ3v) is 2.73. The average molecular weight is 271 g/mol. The molecule has 8 nitrogen and oxygen atoms in total. The molecule has 4 amide bonds. The molecule has 1 atom stereocenters. The van der Waals surface area contributed by atoms with Gasteiger partial charge in [0.2, 0.25) is 11.8 Å². The first-order valence-electron chi connectivity index (χ1n) is 5.92. The minimum absolute atomic E-state index is 0.131. The van der Waals surface area contributed by atoms with Gasteiger partial charge >= 0.3 is 12.0 Å². The van der Waals surface area contributed by atoms with Crippen LogP contribution in [0, 0.1) is 5.92 Å². The molecule has 0 spiro atoms. The van der Waals surface area contributed by atoms with E-state index in [1.807, 2.05) is 0 Å². The van der Waals surface area contributed by atoms with Gasteiger partial charge in [-0.15, -0.1) is 0 Å². The Morgan fingerprint density at radius 3 is 2.53 bits per heavy atom. The molecule has 19 heavy (non-hydrogen) atoms. The fraction of sp³-hybridized carbons (Fsp3) is 0.636. The molecule has 1 heterocycles. The predicted molar refractivity (Wildman–Crippen MR) is 64.1 cm³/mol. The number of nitrogens with one attached hydrogen (secondary N) is 2. The Balaban J connectivity index is 2.53. The molecule has 0 radical (unpaired) electrons. The van der Waals surface area contributed by atoms with E-state index in [9.17, 15) is 19.2 Å². The van der Waals surface area contributed by atoms with Crippen molar-refractivity contribution in [1.82, 2.24) is 15.5 Å². The second-order valence-corrected chi connectivity index (χ2v) is 4.65. The molecule has 1 rings (SSSR count). The Morgan fingerprint density at radius 2 is 2.05 bits per heavy atom. The number of carboxylic acid groups (broad SMARTS) is 1. The Bertz CT molecular complexity index is 407. The van der Waals surface area contributed by atoms with Crippen LogP contribution in [0.2, 0.25) is 0 Å². The van der Waals surface area contributed by atoms with E-state index in [0.717, 1.165) is 4.90 Å². The van der Waals surface area contributed by atoms with Crippen LogP contribution in [-0.4, -0.2) is 53.0 Å². The fourth-order valence-corrected chi connectivity index (χ4v) is 1.66. The number of carboxylic acids is 1. The van der Waals surface area contributed by atoms with Gasteiger partial charge in [0.05, 0.1) is 0 Å². The van der Waals surface area contributed by atoms with E-state index in [1.54, 1.807) is 13.8 Å². The van der Waals surface area contributed by atoms with E-state index in [-0.39, 0.29) is 31.3 Å². The van der Waals surface area contributed by atoms with Crippen LogP contribution in [0.3, 0.4) is 0 Å². The second kappa shape index (κ2) is 6.17. The molecule has 3 N–H and O–H groups in total. The van der Waals surface area contributed by atoms with Crippen LogP contribution in [0.1, 0.15) is 20.3 Å². The van der Waals surface area contributed by atoms with Crippen LogP contribution in [0.25, 0.3) is 0 Å². The molecule has 0 unspecified atom stereocenters. The van der Waals surface area contributed by atoms with Gasteiger partial charge in [-0.3, -0.25) is 14.9 Å². The minimum Gasteiger partial charge on any atom is -0.480 e. The maximum absolute atomic E-state index is 11.7. The molecule has 8 heteroatoms. The van der Waals surface area contributed by atoms with Crippen LogP contribution in [-0.2, 0) is 14.4 Å². The Morgan fingerprint density at radius 1 is 1.42 bits per heavy atom. The first kappa shape index (κ1) is 14.9. The lowest BCUT2D eigenvalue weighted by molar-refractivity contribution is -0.143. The van der Waals surface area contributed by atoms with E-state index in [2.05, 4.69) is 10.6 Å². The largest absolute Gasteiger partial charge is 0.480 e. The molecule has 0 aromatic rings. The van der Waals surface area contributed by atoms with Gasteiger partial charge in [-0.05, 0) is 5.92 Å². The second-order valence-electron chi connectivity index (χ2n) is 4.65. The van der Waals surface area contributed by atoms with Gasteiger partial charge in [0.25, 0.3) is 0 Å². The standard InChI is InChI=1S/C11H17N3O5/c1-6(2)9(10(17)18)12-8(16)5-14-4-3-7(15)13-11(14)19/h6,9H,3-5H2,1-2H3,(H,12,16)(H,17,18)(H,13,15,19)/t9-/m0/s1. The summed E-state index contributed by atoms with van der Waals surface area (Å²) in [6, 6.07) is -1.63. The Kier molecular flexibility index (Phi) is 4.85. The number of hydrogen-bond acceptors (Lipinski definition) is 4. The summed E-state index contributed by atoms with van der Waals surface area (Å²) >= 11 is 0. The van der Waals surface area contributed by atoms with E-state index in [0.29, 0.717) is 0 Å². The first-order chi connectivity index (χ1) is 8.81. The molecule has 1 saturated heterocycles. The molecule has 1 aliphatic rings. The van der Waals surface area contributed by atoms with Gasteiger partial charge in [0.15, 0.2) is 0 Å². The zero-order chi connectivity index (χ0) is 14.6. The summed E-state index contributed by atoms with van der Waals surface area (Å²) in [5, 5.41) is 13.4. The SMILES string of the molecule is CC(C)[C@H](NC(=O)CN1CCC(=O)NC1=O)C(=O)O. The third kappa shape index (κ3) is 4.23. The van der Waals surface area contributed by atoms with E-state index >= 15 is 0 Å². The third-order valence-electron chi connectivity index (χ3n) is 2.73. The maximum Gasteiger partial charge on any atom is 0.326 e. The number of urea groups is 1. The highest BCUT2D eigenvalue weighted by molar-refractivity contribution is 5.98. The molecule has 0 aromatic carbocycles. The molecular weight excluding hydrogens is 254 g/mol. The molecule has 0 bridgehead atoms. The normalized spacial score (nSPS) is 17.1. The Labute approximate surface area is 110 Å². The van der Waals surface area contributed by atoms with Crippen molar-refractivity contribution in [3.05, 3.63) is 0 Å². The maximum atomic E-state index is 11.7. The van der Waals surface area contributed by atoms with E-state index in [1.165, 1.54) is 0 Å². The number of carbonyl (C=O) groups is 4. The Hall–Kier alpha value is -2.12. The van der Waals surface area contributed by atoms with Gasteiger partial charge in [0, 0.05) is 13.0 Å². The van der Waals surface area contributed by atoms with Crippen LogP contribution < -0.4 is 10.6 Å². The van der Waals surface area contributed by atoms with Crippen molar-refractivity contribution in [2.45, 2.75) is 26.3 Å². The van der Waals surface area contributed by atoms with Crippen molar-refractivity contribution < 1.29 is 24.3 Å². The highest BCUT2D eigenvalue weighted by Gasteiger charge is 2.27. The molecule has 1 fully saturated rings. The van der Waals surface area contributed by atoms with Crippen molar-refractivity contribution in [2.24, 2.45) is 5.92 Å². The predicted octanol–water partition coefficient (Wildman–Crippen LogP) is -0.846. The van der Waals surface area contributed by atoms with Gasteiger partial charge in [0.1, 0.15) is 12.6 Å². The summed E-state index contributed by atoms with van der Waals surface area (Å²) in [5.41, 5.74) is 0. The number of rotatable bonds is 5. The summed E-state index contributed by atoms with van der Waals surface area (Å²) in [4.78, 5) is 46.1. The number of aliphatic carboxylic acids is 1. The zero-order valence-corrected chi connectivity index (χ0v) is 10.8. The summed E-state index contributed by atoms with van der Waals surface area (Å²) in [7, 11) is 0. The lowest BCUT2D eigenvalue weighted by Crippen LogP contribution is -2.54. The quantitative estimate of drug-likeness (QED) is 0.602. The number of hydrogen-bond donors (Lipinski definition) is 3. The lowest BCUT2D eigenvalue weighted by atomic mass is 10.0. The van der Waals surface area contributed by atoms with Gasteiger partial charge in [-0.1, -0.05) is 13.8 Å². The fourth-order valence-electron chi connectivity index (χ4n) is 1.66. The van der Waals surface area contributed by atoms with Gasteiger partial charge < -0.3 is 15.3 Å². The molecule has 0 saturated carbocycles. The van der Waals surface area contributed by atoms with E-state index in [4.69, 9.17) is 5.11 Å². The number of carbonyl (C=O) groups excluding carboxylic acids is 3. The smallest absolute Gasteiger partial charge is 0.326 e. The minimum atomic E-state index is -1.12. The first-order valence-corrected chi connectivity index (χ1v) is 5.92. The molecule has 1 aliphatic heterocycles. The molecule has 106 valence electrons. The van der Waals surface area contributed by atoms with Crippen LogP contribution in [0.15, 0.2) is 0 Å². The highest BCUT2D eigenvalue weighted by atomic mass is 16.4. The van der Waals surface area contributed by atoms with Crippen molar-refractivity contribution in [2.75, 3.05) is 13.1 Å². The van der Waals surface area contributed by atoms with Crippen LogP contribution in [0.4, 0.5) is 4.79 Å². The summed E-state index contributed by atoms with van der Waals surface area (Å²) in [5.74, 6) is -2.34. The van der Waals surface area contributed by atoms with Crippen LogP contribution >= 0.6 is 0 Å². The highest BCUT2D eigenvalue weighted by Crippen LogP contribution is 2.03. The summed E-state index contributed by atoms with van der Waals surface area (Å²) < 4.78 is 0. The average Bonchev–Trinajstić information content (AvgIpc) is 2.29. The van der Waals surface area contributed by atoms with Crippen LogP contribution in [0.5, 0.6) is 0 Å². The van der Waals surface area contributed by atoms with Crippen molar-refractivity contribution >= 4 is 23.8 Å². The molecule has 0 aromatic heterocycles. The zero-order valence-electron chi connectivity index (χ0n) is 10.8.